The van der Waals surface area contributed by atoms with Crippen LogP contribution in [0.5, 0.6) is 0 Å². The van der Waals surface area contributed by atoms with Crippen LogP contribution in [-0.2, 0) is 11.2 Å². The number of hydrogen-bond acceptors (Lipinski definition) is 3. The van der Waals surface area contributed by atoms with E-state index in [2.05, 4.69) is 24.1 Å². The molecule has 0 spiro atoms. The largest absolute Gasteiger partial charge is 0.354 e. The van der Waals surface area contributed by atoms with Crippen molar-refractivity contribution in [1.82, 2.24) is 10.3 Å². The molecule has 0 saturated carbocycles. The van der Waals surface area contributed by atoms with Crippen molar-refractivity contribution in [2.45, 2.75) is 32.7 Å². The van der Waals surface area contributed by atoms with Crippen molar-refractivity contribution in [3.63, 3.8) is 0 Å². The Morgan fingerprint density at radius 3 is 2.82 bits per heavy atom. The smallest absolute Gasteiger partial charge is 0.236 e. The van der Waals surface area contributed by atoms with Gasteiger partial charge in [-0.3, -0.25) is 9.78 Å². The molecule has 4 heteroatoms. The number of carbonyl (C=O) groups excluding carboxylic acids is 1. The number of nitrogens with two attached hydrogens (primary N) is 1. The Labute approximate surface area is 103 Å². The van der Waals surface area contributed by atoms with E-state index in [1.807, 2.05) is 18.2 Å². The second kappa shape index (κ2) is 7.01. The van der Waals surface area contributed by atoms with Crippen molar-refractivity contribution >= 4 is 5.91 Å². The first-order valence-corrected chi connectivity index (χ1v) is 6.02. The first kappa shape index (κ1) is 13.6. The Hall–Kier alpha value is -1.42. The Bertz CT molecular complexity index is 338. The van der Waals surface area contributed by atoms with Crippen LogP contribution in [0.25, 0.3) is 0 Å². The lowest BCUT2D eigenvalue weighted by atomic mass is 10.0. The van der Waals surface area contributed by atoms with Crippen molar-refractivity contribution < 1.29 is 4.79 Å². The topological polar surface area (TPSA) is 68.0 Å². The Morgan fingerprint density at radius 2 is 2.24 bits per heavy atom. The molecule has 17 heavy (non-hydrogen) atoms. The predicted octanol–water partition coefficient (Wildman–Crippen LogP) is 1.11. The number of aromatic nitrogens is 1. The molecule has 0 aliphatic carbocycles. The van der Waals surface area contributed by atoms with Crippen LogP contribution in [0.4, 0.5) is 0 Å². The maximum absolute atomic E-state index is 11.6. The number of nitrogens with zero attached hydrogens (tertiary/aromatic N) is 1. The highest BCUT2D eigenvalue weighted by Crippen LogP contribution is 2.02. The van der Waals surface area contributed by atoms with Gasteiger partial charge in [-0.15, -0.1) is 0 Å². The van der Waals surface area contributed by atoms with E-state index in [9.17, 15) is 4.79 Å². The van der Waals surface area contributed by atoms with E-state index in [1.54, 1.807) is 6.20 Å². The minimum absolute atomic E-state index is 0.0744. The first-order chi connectivity index (χ1) is 8.09. The molecule has 0 bridgehead atoms. The molecule has 0 radical (unpaired) electrons. The number of hydrogen-bond donors (Lipinski definition) is 2. The van der Waals surface area contributed by atoms with Gasteiger partial charge in [-0.05, 0) is 24.5 Å². The Kier molecular flexibility index (Phi) is 5.63. The van der Waals surface area contributed by atoms with Gasteiger partial charge in [0.15, 0.2) is 0 Å². The molecule has 94 valence electrons. The predicted molar refractivity (Wildman–Crippen MR) is 68.4 cm³/mol. The average molecular weight is 235 g/mol. The van der Waals surface area contributed by atoms with Crippen molar-refractivity contribution in [2.75, 3.05) is 6.54 Å². The monoisotopic (exact) mass is 235 g/mol. The molecule has 0 aliphatic heterocycles. The van der Waals surface area contributed by atoms with Crippen LogP contribution in [-0.4, -0.2) is 23.5 Å². The third kappa shape index (κ3) is 5.45. The quantitative estimate of drug-likeness (QED) is 0.776. The summed E-state index contributed by atoms with van der Waals surface area (Å²) in [5, 5.41) is 2.83. The summed E-state index contributed by atoms with van der Waals surface area (Å²) < 4.78 is 0. The second-order valence-corrected chi connectivity index (χ2v) is 4.60. The van der Waals surface area contributed by atoms with Gasteiger partial charge in [0, 0.05) is 24.9 Å². The molecule has 0 aliphatic rings. The highest BCUT2D eigenvalue weighted by molar-refractivity contribution is 5.81. The van der Waals surface area contributed by atoms with Gasteiger partial charge >= 0.3 is 0 Å². The lowest BCUT2D eigenvalue weighted by molar-refractivity contribution is -0.122. The van der Waals surface area contributed by atoms with Crippen LogP contribution in [0.15, 0.2) is 24.4 Å². The van der Waals surface area contributed by atoms with Gasteiger partial charge in [0.25, 0.3) is 0 Å². The lowest BCUT2D eigenvalue weighted by Crippen LogP contribution is -2.42. The molecule has 1 heterocycles. The van der Waals surface area contributed by atoms with Crippen LogP contribution in [0.2, 0.25) is 0 Å². The van der Waals surface area contributed by atoms with Crippen molar-refractivity contribution in [1.29, 1.82) is 0 Å². The minimum atomic E-state index is -0.404. The molecule has 0 saturated heterocycles. The highest BCUT2D eigenvalue weighted by atomic mass is 16.2. The highest BCUT2D eigenvalue weighted by Gasteiger charge is 2.13. The number of carbonyl (C=O) groups is 1. The lowest BCUT2D eigenvalue weighted by Gasteiger charge is -2.13. The molecule has 1 aromatic heterocycles. The zero-order valence-corrected chi connectivity index (χ0v) is 10.5. The van der Waals surface area contributed by atoms with E-state index >= 15 is 0 Å². The van der Waals surface area contributed by atoms with Gasteiger partial charge in [-0.1, -0.05) is 19.9 Å². The third-order valence-corrected chi connectivity index (χ3v) is 2.47. The summed E-state index contributed by atoms with van der Waals surface area (Å²) >= 11 is 0. The van der Waals surface area contributed by atoms with Crippen LogP contribution in [0.3, 0.4) is 0 Å². The van der Waals surface area contributed by atoms with E-state index in [1.165, 1.54) is 0 Å². The van der Waals surface area contributed by atoms with Crippen LogP contribution in [0.1, 0.15) is 26.0 Å². The molecule has 0 aromatic carbocycles. The normalized spacial score (nSPS) is 12.5. The maximum Gasteiger partial charge on any atom is 0.236 e. The summed E-state index contributed by atoms with van der Waals surface area (Å²) in [5.41, 5.74) is 6.75. The number of amides is 1. The zero-order chi connectivity index (χ0) is 12.7. The minimum Gasteiger partial charge on any atom is -0.354 e. The summed E-state index contributed by atoms with van der Waals surface area (Å²) in [6, 6.07) is 5.36. The van der Waals surface area contributed by atoms with E-state index in [0.717, 1.165) is 18.5 Å². The van der Waals surface area contributed by atoms with Gasteiger partial charge in [0.05, 0.1) is 6.04 Å². The van der Waals surface area contributed by atoms with E-state index < -0.39 is 6.04 Å². The van der Waals surface area contributed by atoms with Gasteiger partial charge in [0.2, 0.25) is 5.91 Å². The fourth-order valence-electron chi connectivity index (χ4n) is 1.61. The average Bonchev–Trinajstić information content (AvgIpc) is 2.29. The molecule has 1 atom stereocenters. The van der Waals surface area contributed by atoms with E-state index in [-0.39, 0.29) is 5.91 Å². The first-order valence-electron chi connectivity index (χ1n) is 6.02. The summed E-state index contributed by atoms with van der Waals surface area (Å²) in [4.78, 5) is 15.8. The Morgan fingerprint density at radius 1 is 1.47 bits per heavy atom. The van der Waals surface area contributed by atoms with Crippen molar-refractivity contribution in [3.05, 3.63) is 30.1 Å². The summed E-state index contributed by atoms with van der Waals surface area (Å²) in [5.74, 6) is 0.362. The number of rotatable bonds is 6. The van der Waals surface area contributed by atoms with E-state index in [4.69, 9.17) is 5.73 Å². The fraction of sp³-hybridized carbons (Fsp3) is 0.538. The molecular formula is C13H21N3O. The molecule has 4 nitrogen and oxygen atoms in total. The zero-order valence-electron chi connectivity index (χ0n) is 10.5. The summed E-state index contributed by atoms with van der Waals surface area (Å²) in [6.45, 7) is 4.70. The number of pyridine rings is 1. The molecule has 0 unspecified atom stereocenters. The van der Waals surface area contributed by atoms with Crippen LogP contribution >= 0.6 is 0 Å². The molecular weight excluding hydrogens is 214 g/mol. The third-order valence-electron chi connectivity index (χ3n) is 2.47. The van der Waals surface area contributed by atoms with Gasteiger partial charge < -0.3 is 11.1 Å². The van der Waals surface area contributed by atoms with Crippen LogP contribution < -0.4 is 11.1 Å². The standard InChI is InChI=1S/C13H21N3O/c1-10(2)9-12(14)13(17)16-8-6-11-5-3-4-7-15-11/h3-5,7,10,12H,6,8-9,14H2,1-2H3,(H,16,17)/t12-/m0/s1. The fourth-order valence-corrected chi connectivity index (χ4v) is 1.61. The van der Waals surface area contributed by atoms with Crippen LogP contribution in [0, 0.1) is 5.92 Å². The molecule has 3 N–H and O–H groups in total. The van der Waals surface area contributed by atoms with Gasteiger partial charge in [-0.2, -0.15) is 0 Å². The van der Waals surface area contributed by atoms with Gasteiger partial charge in [-0.25, -0.2) is 0 Å². The van der Waals surface area contributed by atoms with Crippen molar-refractivity contribution in [3.8, 4) is 0 Å². The van der Waals surface area contributed by atoms with Gasteiger partial charge in [0.1, 0.15) is 0 Å². The Balaban J connectivity index is 2.24. The van der Waals surface area contributed by atoms with Crippen molar-refractivity contribution in [2.24, 2.45) is 11.7 Å². The van der Waals surface area contributed by atoms with E-state index in [0.29, 0.717) is 12.5 Å². The number of nitrogens with one attached hydrogen (secondary N) is 1. The molecule has 0 fully saturated rings. The molecule has 1 amide bonds. The summed E-state index contributed by atoms with van der Waals surface area (Å²) in [7, 11) is 0. The summed E-state index contributed by atoms with van der Waals surface area (Å²) in [6.07, 6.45) is 3.21. The SMILES string of the molecule is CC(C)C[C@H](N)C(=O)NCCc1ccccn1. The molecule has 1 rings (SSSR count). The maximum atomic E-state index is 11.6. The molecule has 1 aromatic rings. The second-order valence-electron chi connectivity index (χ2n) is 4.60.